The number of allylic oxidation sites excluding steroid dienone is 4. The van der Waals surface area contributed by atoms with Gasteiger partial charge < -0.3 is 14.4 Å². The molecule has 0 spiro atoms. The van der Waals surface area contributed by atoms with E-state index in [0.717, 1.165) is 10.5 Å². The van der Waals surface area contributed by atoms with Gasteiger partial charge in [-0.1, -0.05) is 19.1 Å². The van der Waals surface area contributed by atoms with E-state index >= 15 is 0 Å². The van der Waals surface area contributed by atoms with E-state index in [1.807, 2.05) is 40.7 Å². The van der Waals surface area contributed by atoms with Crippen molar-refractivity contribution in [2.45, 2.75) is 66.6 Å². The van der Waals surface area contributed by atoms with Gasteiger partial charge in [-0.3, -0.25) is 19.3 Å². The third kappa shape index (κ3) is 7.74. The van der Waals surface area contributed by atoms with Gasteiger partial charge in [-0.25, -0.2) is 0 Å². The maximum atomic E-state index is 13.2. The first-order valence-electron chi connectivity index (χ1n) is 13.0. The number of nitriles is 2. The molecule has 2 aliphatic heterocycles. The second-order valence-electron chi connectivity index (χ2n) is 9.92. The summed E-state index contributed by atoms with van der Waals surface area (Å²) in [5.41, 5.74) is 1.28. The van der Waals surface area contributed by atoms with Gasteiger partial charge in [-0.05, 0) is 64.7 Å². The van der Waals surface area contributed by atoms with E-state index in [0.29, 0.717) is 38.2 Å². The molecule has 0 aromatic rings. The molecule has 0 bridgehead atoms. The van der Waals surface area contributed by atoms with Gasteiger partial charge in [0.15, 0.2) is 0 Å². The van der Waals surface area contributed by atoms with Crippen molar-refractivity contribution < 1.29 is 23.9 Å². The Labute approximate surface area is 225 Å². The average Bonchev–Trinajstić information content (AvgIpc) is 2.85. The lowest BCUT2D eigenvalue weighted by molar-refractivity contribution is -0.140. The molecule has 0 saturated heterocycles. The number of ether oxygens (including phenoxy) is 2. The molecule has 0 aliphatic carbocycles. The van der Waals surface area contributed by atoms with Crippen molar-refractivity contribution in [3.8, 4) is 12.1 Å². The summed E-state index contributed by atoms with van der Waals surface area (Å²) in [4.78, 5) is 41.3. The lowest BCUT2D eigenvalue weighted by atomic mass is 9.84. The summed E-state index contributed by atoms with van der Waals surface area (Å²) in [6.45, 7) is 12.6. The van der Waals surface area contributed by atoms with Gasteiger partial charge in [0.05, 0.1) is 18.3 Å². The molecule has 9 nitrogen and oxygen atoms in total. The van der Waals surface area contributed by atoms with Crippen LogP contribution in [-0.4, -0.2) is 66.0 Å². The standard InChI is InChI=1S/C29H38N4O5/c1-19(2)37-14-8-12-32-18-23(21(5)25(16-30)27(32)34)10-7-11-24-22(6)26(17-31)29(36)33(28(24)35)13-9-15-38-20(3)4/h7,10-11,18-21,25H,8-9,12-15H2,1-6H3/b10-7+,24-11-. The quantitative estimate of drug-likeness (QED) is 0.217. The van der Waals surface area contributed by atoms with E-state index in [4.69, 9.17) is 9.47 Å². The zero-order valence-electron chi connectivity index (χ0n) is 23.2. The van der Waals surface area contributed by atoms with Crippen LogP contribution in [-0.2, 0) is 23.9 Å². The maximum Gasteiger partial charge on any atom is 0.271 e. The topological polar surface area (TPSA) is 124 Å². The molecule has 0 N–H and O–H groups in total. The van der Waals surface area contributed by atoms with Crippen molar-refractivity contribution in [1.82, 2.24) is 9.80 Å². The Morgan fingerprint density at radius 1 is 1.00 bits per heavy atom. The van der Waals surface area contributed by atoms with Crippen molar-refractivity contribution in [3.05, 3.63) is 46.7 Å². The second kappa shape index (κ2) is 14.4. The smallest absolute Gasteiger partial charge is 0.271 e. The Balaban J connectivity index is 2.27. The van der Waals surface area contributed by atoms with E-state index in [-0.39, 0.29) is 41.7 Å². The van der Waals surface area contributed by atoms with Gasteiger partial charge in [0.1, 0.15) is 17.6 Å². The number of carbonyl (C=O) groups is 3. The number of hydrogen-bond donors (Lipinski definition) is 0. The first-order chi connectivity index (χ1) is 18.0. The molecule has 3 amide bonds. The molecule has 9 heteroatoms. The molecule has 38 heavy (non-hydrogen) atoms. The molecule has 0 saturated carbocycles. The number of nitrogens with zero attached hydrogens (tertiary/aromatic N) is 4. The maximum absolute atomic E-state index is 13.2. The number of amides is 3. The Morgan fingerprint density at radius 2 is 1.61 bits per heavy atom. The molecule has 0 aromatic carbocycles. The van der Waals surface area contributed by atoms with Gasteiger partial charge in [-0.2, -0.15) is 10.5 Å². The Hall–Kier alpha value is -3.53. The fraction of sp³-hybridized carbons (Fsp3) is 0.552. The van der Waals surface area contributed by atoms with E-state index in [9.17, 15) is 24.9 Å². The number of rotatable bonds is 12. The predicted octanol–water partition coefficient (Wildman–Crippen LogP) is 3.81. The van der Waals surface area contributed by atoms with Gasteiger partial charge in [0.2, 0.25) is 5.91 Å². The molecule has 2 unspecified atom stereocenters. The summed E-state index contributed by atoms with van der Waals surface area (Å²) in [6, 6.07) is 4.05. The van der Waals surface area contributed by atoms with Crippen LogP contribution < -0.4 is 0 Å². The molecule has 0 aromatic heterocycles. The van der Waals surface area contributed by atoms with Crippen LogP contribution in [0.1, 0.15) is 54.4 Å². The minimum Gasteiger partial charge on any atom is -0.379 e. The Bertz CT molecular complexity index is 1120. The van der Waals surface area contributed by atoms with Crippen LogP contribution in [0.25, 0.3) is 0 Å². The molecule has 2 heterocycles. The highest BCUT2D eigenvalue weighted by atomic mass is 16.5. The van der Waals surface area contributed by atoms with Crippen molar-refractivity contribution in [1.29, 1.82) is 10.5 Å². The van der Waals surface area contributed by atoms with Gasteiger partial charge in [0.25, 0.3) is 11.8 Å². The van der Waals surface area contributed by atoms with Gasteiger partial charge in [-0.15, -0.1) is 0 Å². The van der Waals surface area contributed by atoms with Crippen molar-refractivity contribution >= 4 is 17.7 Å². The molecule has 2 atom stereocenters. The van der Waals surface area contributed by atoms with Crippen molar-refractivity contribution in [2.24, 2.45) is 11.8 Å². The molecular formula is C29H38N4O5. The SMILES string of the molecule is CC1=C(C#N)C(=O)N(CCCOC(C)C)C(=O)/C1=C\C=C\C1=CN(CCCOC(C)C)C(=O)C(C#N)C1C. The monoisotopic (exact) mass is 522 g/mol. The van der Waals surface area contributed by atoms with Crippen LogP contribution in [0.4, 0.5) is 0 Å². The Kier molecular flexibility index (Phi) is 11.6. The Morgan fingerprint density at radius 3 is 2.16 bits per heavy atom. The summed E-state index contributed by atoms with van der Waals surface area (Å²) in [7, 11) is 0. The normalized spacial score (nSPS) is 21.7. The van der Waals surface area contributed by atoms with E-state index in [1.165, 1.54) is 0 Å². The minimum absolute atomic E-state index is 0.0388. The molecule has 2 aliphatic rings. The van der Waals surface area contributed by atoms with Gasteiger partial charge >= 0.3 is 0 Å². The molecule has 0 radical (unpaired) electrons. The molecule has 204 valence electrons. The highest BCUT2D eigenvalue weighted by Gasteiger charge is 2.36. The first kappa shape index (κ1) is 30.7. The van der Waals surface area contributed by atoms with Crippen LogP contribution >= 0.6 is 0 Å². The largest absolute Gasteiger partial charge is 0.379 e. The summed E-state index contributed by atoms with van der Waals surface area (Å²) in [5.74, 6) is -2.46. The summed E-state index contributed by atoms with van der Waals surface area (Å²) in [6.07, 6.45) is 7.97. The third-order valence-corrected chi connectivity index (χ3v) is 6.37. The highest BCUT2D eigenvalue weighted by molar-refractivity contribution is 6.18. The summed E-state index contributed by atoms with van der Waals surface area (Å²) in [5, 5.41) is 19.2. The lowest BCUT2D eigenvalue weighted by Gasteiger charge is -2.31. The van der Waals surface area contributed by atoms with E-state index in [1.54, 1.807) is 36.3 Å². The van der Waals surface area contributed by atoms with Crippen LogP contribution in [0, 0.1) is 34.5 Å². The fourth-order valence-electron chi connectivity index (χ4n) is 4.19. The van der Waals surface area contributed by atoms with Crippen LogP contribution in [0.3, 0.4) is 0 Å². The lowest BCUT2D eigenvalue weighted by Crippen LogP contribution is -2.43. The summed E-state index contributed by atoms with van der Waals surface area (Å²) >= 11 is 0. The van der Waals surface area contributed by atoms with Crippen LogP contribution in [0.5, 0.6) is 0 Å². The number of carbonyl (C=O) groups excluding carboxylic acids is 3. The van der Waals surface area contributed by atoms with Crippen molar-refractivity contribution in [2.75, 3.05) is 26.3 Å². The summed E-state index contributed by atoms with van der Waals surface area (Å²) < 4.78 is 11.1. The van der Waals surface area contributed by atoms with Crippen LogP contribution in [0.2, 0.25) is 0 Å². The van der Waals surface area contributed by atoms with E-state index in [2.05, 4.69) is 6.07 Å². The first-order valence-corrected chi connectivity index (χ1v) is 13.0. The predicted molar refractivity (Wildman–Crippen MR) is 142 cm³/mol. The van der Waals surface area contributed by atoms with Crippen LogP contribution in [0.15, 0.2) is 46.7 Å². The molecular weight excluding hydrogens is 484 g/mol. The molecule has 2 rings (SSSR count). The zero-order chi connectivity index (χ0) is 28.4. The van der Waals surface area contributed by atoms with E-state index < -0.39 is 17.7 Å². The number of imide groups is 1. The third-order valence-electron chi connectivity index (χ3n) is 6.37. The average molecular weight is 523 g/mol. The minimum atomic E-state index is -0.817. The molecule has 0 fully saturated rings. The highest BCUT2D eigenvalue weighted by Crippen LogP contribution is 2.30. The van der Waals surface area contributed by atoms with Crippen molar-refractivity contribution in [3.63, 3.8) is 0 Å². The number of hydrogen-bond acceptors (Lipinski definition) is 7. The fourth-order valence-corrected chi connectivity index (χ4v) is 4.19. The van der Waals surface area contributed by atoms with Gasteiger partial charge in [0, 0.05) is 44.0 Å². The zero-order valence-corrected chi connectivity index (χ0v) is 23.2. The second-order valence-corrected chi connectivity index (χ2v) is 9.92.